The molecule has 80 valence electrons. The first-order valence-electron chi connectivity index (χ1n) is 4.09. The fraction of sp³-hybridized carbons (Fsp3) is 0. The van der Waals surface area contributed by atoms with Gasteiger partial charge in [-0.1, -0.05) is 0 Å². The summed E-state index contributed by atoms with van der Waals surface area (Å²) in [6.07, 6.45) is 2.08. The van der Waals surface area contributed by atoms with Crippen LogP contribution in [0, 0.1) is 0 Å². The molecule has 0 heterocycles. The van der Waals surface area contributed by atoms with E-state index in [9.17, 15) is 4.79 Å². The summed E-state index contributed by atoms with van der Waals surface area (Å²) in [6, 6.07) is 6.01. The molecule has 1 aromatic rings. The van der Waals surface area contributed by atoms with Crippen LogP contribution in [0.2, 0.25) is 0 Å². The third-order valence-electron chi connectivity index (χ3n) is 1.73. The van der Waals surface area contributed by atoms with E-state index in [-0.39, 0.29) is 4.40 Å². The summed E-state index contributed by atoms with van der Waals surface area (Å²) in [6.45, 7) is 0. The predicted octanol–water partition coefficient (Wildman–Crippen LogP) is -1.09. The first-order valence-corrected chi connectivity index (χ1v) is 7.95. The molecule has 0 aliphatic heterocycles. The summed E-state index contributed by atoms with van der Waals surface area (Å²) in [5.41, 5.74) is 0.299. The Kier molecular flexibility index (Phi) is 3.64. The maximum absolute atomic E-state index is 10.3. The third kappa shape index (κ3) is 3.48. The van der Waals surface area contributed by atoms with Crippen LogP contribution in [-0.4, -0.2) is 37.8 Å². The molecule has 0 aliphatic rings. The molecule has 1 rings (SSSR count). The number of carboxylic acids is 1. The van der Waals surface area contributed by atoms with Gasteiger partial charge < -0.3 is 0 Å². The number of carbonyl (C=O) groups is 1. The van der Waals surface area contributed by atoms with Crippen LogP contribution >= 0.6 is 0 Å². The zero-order chi connectivity index (χ0) is 11.5. The van der Waals surface area contributed by atoms with Gasteiger partial charge in [-0.3, -0.25) is 0 Å². The van der Waals surface area contributed by atoms with E-state index in [4.69, 9.17) is 17.5 Å². The number of carboxylic acid groups (broad SMARTS) is 1. The third-order valence-corrected chi connectivity index (χ3v) is 4.20. The number of hydrogen-bond donors (Lipinski definition) is 4. The molecule has 4 N–H and O–H groups in total. The molecule has 1 aromatic carbocycles. The second-order valence-corrected chi connectivity index (χ2v) is 6.69. The van der Waals surface area contributed by atoms with E-state index in [2.05, 4.69) is 0 Å². The molecule has 0 spiro atoms. The fourth-order valence-electron chi connectivity index (χ4n) is 1.11. The molecule has 0 unspecified atom stereocenters. The summed E-state index contributed by atoms with van der Waals surface area (Å²) in [5, 5.41) is 8.41. The van der Waals surface area contributed by atoms with Crippen molar-refractivity contribution in [2.24, 2.45) is 0 Å². The van der Waals surface area contributed by atoms with Crippen molar-refractivity contribution in [2.75, 3.05) is 0 Å². The summed E-state index contributed by atoms with van der Waals surface area (Å²) < 4.78 is 27.5. The summed E-state index contributed by atoms with van der Waals surface area (Å²) >= 11 is -4.89. The number of aliphatic carboxylic acids is 1. The molecule has 0 fully saturated rings. The summed E-state index contributed by atoms with van der Waals surface area (Å²) in [5.74, 6) is -1.14. The van der Waals surface area contributed by atoms with Gasteiger partial charge in [-0.25, -0.2) is 0 Å². The SMILES string of the molecule is O=C(O)/C=C/c1cccc[c]1[Ge]([OH])([OH])[OH]. The van der Waals surface area contributed by atoms with Crippen LogP contribution in [0.5, 0.6) is 0 Å². The minimum absolute atomic E-state index is 0.00926. The van der Waals surface area contributed by atoms with E-state index in [0.717, 1.165) is 6.08 Å². The number of rotatable bonds is 3. The van der Waals surface area contributed by atoms with Gasteiger partial charge in [-0.2, -0.15) is 0 Å². The summed E-state index contributed by atoms with van der Waals surface area (Å²) in [4.78, 5) is 10.3. The van der Waals surface area contributed by atoms with Crippen molar-refractivity contribution in [3.8, 4) is 0 Å². The predicted molar refractivity (Wildman–Crippen MR) is 55.2 cm³/mol. The molecule has 5 nitrogen and oxygen atoms in total. The fourth-order valence-corrected chi connectivity index (χ4v) is 2.94. The van der Waals surface area contributed by atoms with Crippen molar-refractivity contribution >= 4 is 30.7 Å². The van der Waals surface area contributed by atoms with Crippen molar-refractivity contribution in [2.45, 2.75) is 0 Å². The normalized spacial score (nSPS) is 11.9. The monoisotopic (exact) mass is 272 g/mol. The molecule has 0 saturated heterocycles. The Morgan fingerprint density at radius 3 is 2.33 bits per heavy atom. The van der Waals surface area contributed by atoms with E-state index in [1.165, 1.54) is 24.3 Å². The topological polar surface area (TPSA) is 98.0 Å². The van der Waals surface area contributed by atoms with Gasteiger partial charge in [0.2, 0.25) is 0 Å². The quantitative estimate of drug-likeness (QED) is 0.413. The molecule has 0 aromatic heterocycles. The Balaban J connectivity index is 3.13. The van der Waals surface area contributed by atoms with Gasteiger partial charge in [0.15, 0.2) is 0 Å². The molecular weight excluding hydrogens is 261 g/mol. The van der Waals surface area contributed by atoms with Crippen LogP contribution in [0.1, 0.15) is 5.56 Å². The minimum atomic E-state index is -4.89. The molecular formula is C9H10GeO5. The standard InChI is InChI=1S/C9H10GeO5/c11-9(12)6-5-7-3-1-2-4-8(7)10(13,14)15/h1-6,13-15H,(H,11,12)/b6-5+. The van der Waals surface area contributed by atoms with Gasteiger partial charge in [0.05, 0.1) is 0 Å². The molecule has 0 bridgehead atoms. The second-order valence-electron chi connectivity index (χ2n) is 2.89. The molecule has 0 aliphatic carbocycles. The van der Waals surface area contributed by atoms with E-state index < -0.39 is 20.2 Å². The Morgan fingerprint density at radius 1 is 1.20 bits per heavy atom. The Labute approximate surface area is 89.3 Å². The van der Waals surface area contributed by atoms with Gasteiger partial charge in [-0.05, 0) is 0 Å². The van der Waals surface area contributed by atoms with Crippen molar-refractivity contribution in [1.29, 1.82) is 0 Å². The van der Waals surface area contributed by atoms with Crippen LogP contribution in [0.15, 0.2) is 30.3 Å². The number of benzene rings is 1. The van der Waals surface area contributed by atoms with E-state index in [1.54, 1.807) is 6.07 Å². The van der Waals surface area contributed by atoms with Crippen molar-refractivity contribution < 1.29 is 22.3 Å². The zero-order valence-corrected chi connectivity index (χ0v) is 9.76. The second kappa shape index (κ2) is 4.58. The van der Waals surface area contributed by atoms with Crippen molar-refractivity contribution in [1.82, 2.24) is 0 Å². The maximum atomic E-state index is 10.3. The van der Waals surface area contributed by atoms with Gasteiger partial charge in [0, 0.05) is 0 Å². The van der Waals surface area contributed by atoms with Crippen LogP contribution in [0.3, 0.4) is 0 Å². The molecule has 0 saturated carbocycles. The van der Waals surface area contributed by atoms with Crippen LogP contribution < -0.4 is 4.40 Å². The van der Waals surface area contributed by atoms with Crippen molar-refractivity contribution in [3.63, 3.8) is 0 Å². The van der Waals surface area contributed by atoms with Crippen LogP contribution in [0.25, 0.3) is 6.08 Å². The molecule has 0 radical (unpaired) electrons. The number of hydrogen-bond acceptors (Lipinski definition) is 4. The van der Waals surface area contributed by atoms with Gasteiger partial charge in [-0.15, -0.1) is 0 Å². The van der Waals surface area contributed by atoms with Gasteiger partial charge >= 0.3 is 88.9 Å². The van der Waals surface area contributed by atoms with Gasteiger partial charge in [0.25, 0.3) is 0 Å². The van der Waals surface area contributed by atoms with Crippen LogP contribution in [0.4, 0.5) is 0 Å². The Morgan fingerprint density at radius 2 is 1.80 bits per heavy atom. The van der Waals surface area contributed by atoms with Crippen LogP contribution in [-0.2, 0) is 4.79 Å². The van der Waals surface area contributed by atoms with E-state index >= 15 is 0 Å². The first-order chi connectivity index (χ1) is 6.91. The molecule has 0 amide bonds. The average Bonchev–Trinajstić information content (AvgIpc) is 2.13. The average molecular weight is 271 g/mol. The van der Waals surface area contributed by atoms with E-state index in [0.29, 0.717) is 5.56 Å². The molecule has 6 heteroatoms. The van der Waals surface area contributed by atoms with Gasteiger partial charge in [0.1, 0.15) is 0 Å². The van der Waals surface area contributed by atoms with E-state index in [1.807, 2.05) is 0 Å². The Hall–Kier alpha value is -1.15. The van der Waals surface area contributed by atoms with Crippen molar-refractivity contribution in [3.05, 3.63) is 35.9 Å². The molecule has 15 heavy (non-hydrogen) atoms. The zero-order valence-electron chi connectivity index (χ0n) is 7.66. The Bertz CT molecular complexity index is 394. The molecule has 0 atom stereocenters. The summed E-state index contributed by atoms with van der Waals surface area (Å²) in [7, 11) is 0. The first kappa shape index (κ1) is 11.9.